The molecule has 3 heteroatoms. The monoisotopic (exact) mass is 198 g/mol. The van der Waals surface area contributed by atoms with Gasteiger partial charge in [0.15, 0.2) is 0 Å². The SMILES string of the molecule is CN1C(=O)[C@]2(C[C@H]2C#N)c2ccccc21. The van der Waals surface area contributed by atoms with Gasteiger partial charge in [-0.25, -0.2) is 0 Å². The molecule has 1 aliphatic heterocycles. The molecular formula is C12H10N2O. The highest BCUT2D eigenvalue weighted by Gasteiger charge is 2.66. The summed E-state index contributed by atoms with van der Waals surface area (Å²) in [5.41, 5.74) is 1.49. The van der Waals surface area contributed by atoms with Gasteiger partial charge in [0.2, 0.25) is 5.91 Å². The lowest BCUT2D eigenvalue weighted by Gasteiger charge is -2.09. The van der Waals surface area contributed by atoms with Gasteiger partial charge in [-0.2, -0.15) is 5.26 Å². The van der Waals surface area contributed by atoms with Gasteiger partial charge in [0.05, 0.1) is 17.4 Å². The molecule has 15 heavy (non-hydrogen) atoms. The number of carbonyl (C=O) groups is 1. The first-order chi connectivity index (χ1) is 7.21. The average Bonchev–Trinajstić information content (AvgIpc) is 2.98. The Hall–Kier alpha value is -1.82. The van der Waals surface area contributed by atoms with E-state index in [-0.39, 0.29) is 11.8 Å². The fraction of sp³-hybridized carbons (Fsp3) is 0.333. The largest absolute Gasteiger partial charge is 0.314 e. The van der Waals surface area contributed by atoms with E-state index in [9.17, 15) is 4.79 Å². The molecular weight excluding hydrogens is 188 g/mol. The zero-order chi connectivity index (χ0) is 10.6. The van der Waals surface area contributed by atoms with Crippen LogP contribution in [0.4, 0.5) is 5.69 Å². The first-order valence-electron chi connectivity index (χ1n) is 4.99. The third-order valence-electron chi connectivity index (χ3n) is 3.55. The third-order valence-corrected chi connectivity index (χ3v) is 3.55. The summed E-state index contributed by atoms with van der Waals surface area (Å²) in [4.78, 5) is 13.8. The summed E-state index contributed by atoms with van der Waals surface area (Å²) in [6.45, 7) is 0. The van der Waals surface area contributed by atoms with Crippen molar-refractivity contribution in [3.8, 4) is 6.07 Å². The number of hydrogen-bond donors (Lipinski definition) is 0. The van der Waals surface area contributed by atoms with Gasteiger partial charge in [-0.3, -0.25) is 4.79 Å². The van der Waals surface area contributed by atoms with Crippen LogP contribution in [0.25, 0.3) is 0 Å². The molecule has 1 aromatic carbocycles. The maximum Gasteiger partial charge on any atom is 0.238 e. The van der Waals surface area contributed by atoms with Crippen molar-refractivity contribution in [1.29, 1.82) is 5.26 Å². The molecule has 0 aromatic heterocycles. The predicted octanol–water partition coefficient (Wildman–Crippen LogP) is 1.44. The average molecular weight is 198 g/mol. The zero-order valence-corrected chi connectivity index (χ0v) is 8.40. The van der Waals surface area contributed by atoms with E-state index in [1.54, 1.807) is 11.9 Å². The maximum absolute atomic E-state index is 12.1. The Morgan fingerprint density at radius 3 is 2.93 bits per heavy atom. The fourth-order valence-corrected chi connectivity index (χ4v) is 2.62. The van der Waals surface area contributed by atoms with E-state index in [1.165, 1.54) is 0 Å². The van der Waals surface area contributed by atoms with Gasteiger partial charge in [0.25, 0.3) is 0 Å². The zero-order valence-electron chi connectivity index (χ0n) is 8.40. The number of nitrogens with zero attached hydrogens (tertiary/aromatic N) is 2. The van der Waals surface area contributed by atoms with Gasteiger partial charge >= 0.3 is 0 Å². The highest BCUT2D eigenvalue weighted by Crippen LogP contribution is 2.60. The summed E-state index contributed by atoms with van der Waals surface area (Å²) in [5, 5.41) is 8.94. The molecule has 74 valence electrons. The van der Waals surface area contributed by atoms with Crippen molar-refractivity contribution in [1.82, 2.24) is 0 Å². The van der Waals surface area contributed by atoms with Crippen molar-refractivity contribution in [2.45, 2.75) is 11.8 Å². The van der Waals surface area contributed by atoms with E-state index in [0.29, 0.717) is 6.42 Å². The second kappa shape index (κ2) is 2.40. The van der Waals surface area contributed by atoms with Crippen LogP contribution in [-0.2, 0) is 10.2 Å². The lowest BCUT2D eigenvalue weighted by atomic mass is 9.95. The number of carbonyl (C=O) groups excluding carboxylic acids is 1. The molecule has 2 atom stereocenters. The number of fused-ring (bicyclic) bond motifs is 2. The minimum absolute atomic E-state index is 0.0789. The van der Waals surface area contributed by atoms with Crippen LogP contribution >= 0.6 is 0 Å². The molecule has 0 N–H and O–H groups in total. The number of amides is 1. The Kier molecular flexibility index (Phi) is 1.36. The number of rotatable bonds is 0. The molecule has 1 spiro atoms. The minimum atomic E-state index is -0.500. The molecule has 1 heterocycles. The van der Waals surface area contributed by atoms with Crippen molar-refractivity contribution in [3.05, 3.63) is 29.8 Å². The van der Waals surface area contributed by atoms with E-state index in [1.807, 2.05) is 24.3 Å². The molecule has 3 rings (SSSR count). The van der Waals surface area contributed by atoms with Crippen molar-refractivity contribution in [2.24, 2.45) is 5.92 Å². The molecule has 1 fully saturated rings. The lowest BCUT2D eigenvalue weighted by Crippen LogP contribution is -2.29. The van der Waals surface area contributed by atoms with Crippen molar-refractivity contribution < 1.29 is 4.79 Å². The number of hydrogen-bond acceptors (Lipinski definition) is 2. The summed E-state index contributed by atoms with van der Waals surface area (Å²) in [7, 11) is 1.78. The van der Waals surface area contributed by atoms with Crippen LogP contribution in [-0.4, -0.2) is 13.0 Å². The molecule has 1 aromatic rings. The summed E-state index contributed by atoms with van der Waals surface area (Å²) >= 11 is 0. The Labute approximate surface area is 87.9 Å². The van der Waals surface area contributed by atoms with Crippen LogP contribution in [0.15, 0.2) is 24.3 Å². The molecule has 0 saturated heterocycles. The second-order valence-electron chi connectivity index (χ2n) is 4.24. The lowest BCUT2D eigenvalue weighted by molar-refractivity contribution is -0.120. The predicted molar refractivity (Wildman–Crippen MR) is 55.3 cm³/mol. The number of likely N-dealkylation sites (N-methyl/N-ethyl adjacent to an activating group) is 1. The Bertz CT molecular complexity index is 503. The summed E-state index contributed by atoms with van der Waals surface area (Å²) < 4.78 is 0. The molecule has 3 nitrogen and oxygen atoms in total. The van der Waals surface area contributed by atoms with Crippen LogP contribution in [0.2, 0.25) is 0 Å². The summed E-state index contributed by atoms with van der Waals surface area (Å²) in [6.07, 6.45) is 0.684. The van der Waals surface area contributed by atoms with Crippen LogP contribution in [0.3, 0.4) is 0 Å². The van der Waals surface area contributed by atoms with E-state index in [0.717, 1.165) is 11.3 Å². The van der Waals surface area contributed by atoms with Crippen LogP contribution in [0.5, 0.6) is 0 Å². The van der Waals surface area contributed by atoms with E-state index in [4.69, 9.17) is 5.26 Å². The van der Waals surface area contributed by atoms with Gasteiger partial charge in [-0.15, -0.1) is 0 Å². The first kappa shape index (κ1) is 8.49. The van der Waals surface area contributed by atoms with Gasteiger partial charge < -0.3 is 4.90 Å². The Morgan fingerprint density at radius 2 is 2.27 bits per heavy atom. The first-order valence-corrected chi connectivity index (χ1v) is 4.99. The number of para-hydroxylation sites is 1. The molecule has 0 bridgehead atoms. The molecule has 0 radical (unpaired) electrons. The highest BCUT2D eigenvalue weighted by molar-refractivity contribution is 6.10. The third kappa shape index (κ3) is 0.782. The molecule has 2 aliphatic rings. The maximum atomic E-state index is 12.1. The Morgan fingerprint density at radius 1 is 1.53 bits per heavy atom. The molecule has 1 saturated carbocycles. The van der Waals surface area contributed by atoms with E-state index in [2.05, 4.69) is 6.07 Å². The van der Waals surface area contributed by atoms with Crippen molar-refractivity contribution >= 4 is 11.6 Å². The second-order valence-corrected chi connectivity index (χ2v) is 4.24. The van der Waals surface area contributed by atoms with Crippen LogP contribution in [0, 0.1) is 17.2 Å². The van der Waals surface area contributed by atoms with Gasteiger partial charge in [-0.05, 0) is 18.1 Å². The normalized spacial score (nSPS) is 31.6. The summed E-state index contributed by atoms with van der Waals surface area (Å²) in [6, 6.07) is 9.97. The number of nitriles is 1. The van der Waals surface area contributed by atoms with E-state index >= 15 is 0 Å². The van der Waals surface area contributed by atoms with Crippen LogP contribution < -0.4 is 4.90 Å². The Balaban J connectivity index is 2.22. The topological polar surface area (TPSA) is 44.1 Å². The number of benzene rings is 1. The standard InChI is InChI=1S/C12H10N2O/c1-14-10-5-3-2-4-9(10)12(11(14)15)6-8(12)7-13/h2-5,8H,6H2,1H3/t8-,12-/m0/s1. The minimum Gasteiger partial charge on any atom is -0.314 e. The van der Waals surface area contributed by atoms with E-state index < -0.39 is 5.41 Å². The highest BCUT2D eigenvalue weighted by atomic mass is 16.2. The quantitative estimate of drug-likeness (QED) is 0.633. The smallest absolute Gasteiger partial charge is 0.238 e. The summed E-state index contributed by atoms with van der Waals surface area (Å²) in [5.74, 6) is -0.0497. The van der Waals surface area contributed by atoms with Gasteiger partial charge in [0, 0.05) is 12.7 Å². The van der Waals surface area contributed by atoms with Gasteiger partial charge in [0.1, 0.15) is 0 Å². The fourth-order valence-electron chi connectivity index (χ4n) is 2.62. The van der Waals surface area contributed by atoms with Crippen molar-refractivity contribution in [2.75, 3.05) is 11.9 Å². The van der Waals surface area contributed by atoms with Crippen molar-refractivity contribution in [3.63, 3.8) is 0 Å². The number of anilines is 1. The van der Waals surface area contributed by atoms with Gasteiger partial charge in [-0.1, -0.05) is 18.2 Å². The van der Waals surface area contributed by atoms with Crippen LogP contribution in [0.1, 0.15) is 12.0 Å². The molecule has 0 unspecified atom stereocenters. The molecule has 1 aliphatic carbocycles. The molecule has 1 amide bonds.